The van der Waals surface area contributed by atoms with E-state index in [0.717, 1.165) is 6.07 Å². The summed E-state index contributed by atoms with van der Waals surface area (Å²) in [6.07, 6.45) is 0. The Labute approximate surface area is 93.0 Å². The van der Waals surface area contributed by atoms with E-state index in [2.05, 4.69) is 4.98 Å². The Balaban J connectivity index is 0.000000437. The van der Waals surface area contributed by atoms with Crippen molar-refractivity contribution in [2.24, 2.45) is 0 Å². The molecule has 4 nitrogen and oxygen atoms in total. The van der Waals surface area contributed by atoms with Gasteiger partial charge in [-0.05, 0) is 6.07 Å². The van der Waals surface area contributed by atoms with Gasteiger partial charge in [0.05, 0.1) is 0 Å². The van der Waals surface area contributed by atoms with E-state index < -0.39 is 22.4 Å². The zero-order valence-corrected chi connectivity index (χ0v) is 8.71. The highest BCUT2D eigenvalue weighted by Crippen LogP contribution is 2.24. The van der Waals surface area contributed by atoms with Crippen LogP contribution in [0.1, 0.15) is 0 Å². The van der Waals surface area contributed by atoms with Crippen LogP contribution in [0.25, 0.3) is 4.98 Å². The fraction of sp³-hybridized carbons (Fsp3) is 0. The van der Waals surface area contributed by atoms with Crippen molar-refractivity contribution in [3.05, 3.63) is 29.2 Å². The largest absolute Gasteiger partial charge is 0.673 e. The van der Waals surface area contributed by atoms with Crippen molar-refractivity contribution in [1.82, 2.24) is 0 Å². The molecule has 94 valence electrons. The van der Waals surface area contributed by atoms with Gasteiger partial charge in [0.25, 0.3) is 0 Å². The summed E-state index contributed by atoms with van der Waals surface area (Å²) in [7, 11) is -10.8. The van der Waals surface area contributed by atoms with Crippen LogP contribution in [0.15, 0.2) is 29.2 Å². The van der Waals surface area contributed by atoms with Crippen molar-refractivity contribution in [3.63, 3.8) is 0 Å². The van der Waals surface area contributed by atoms with E-state index in [1.165, 1.54) is 18.2 Å². The molecule has 0 saturated heterocycles. The van der Waals surface area contributed by atoms with Crippen LogP contribution >= 0.6 is 0 Å². The number of hydrogen-bond acceptors (Lipinski definition) is 3. The van der Waals surface area contributed by atoms with Crippen molar-refractivity contribution in [3.8, 4) is 0 Å². The first-order valence-corrected chi connectivity index (χ1v) is 5.20. The predicted octanol–water partition coefficient (Wildman–Crippen LogP) is 3.13. The normalized spacial score (nSPS) is 11.1. The van der Waals surface area contributed by atoms with Crippen molar-refractivity contribution in [1.29, 1.82) is 5.39 Å². The SMILES string of the molecule is F[B-](F)(F)F.N#[N+]c1ccccc1S(=O)(=O)F. The van der Waals surface area contributed by atoms with Gasteiger partial charge in [0.1, 0.15) is 0 Å². The summed E-state index contributed by atoms with van der Waals surface area (Å²) in [4.78, 5) is 1.99. The van der Waals surface area contributed by atoms with Gasteiger partial charge in [-0.15, -0.1) is 3.89 Å². The highest BCUT2D eigenvalue weighted by molar-refractivity contribution is 7.86. The predicted molar refractivity (Wildman–Crippen MR) is 49.7 cm³/mol. The Morgan fingerprint density at radius 2 is 1.53 bits per heavy atom. The molecule has 1 aromatic rings. The molecule has 0 aromatic heterocycles. The third kappa shape index (κ3) is 7.23. The Morgan fingerprint density at radius 1 is 1.12 bits per heavy atom. The number of rotatable bonds is 1. The van der Waals surface area contributed by atoms with E-state index >= 15 is 0 Å². The van der Waals surface area contributed by atoms with E-state index in [1.807, 2.05) is 0 Å². The van der Waals surface area contributed by atoms with Crippen molar-refractivity contribution < 1.29 is 29.6 Å². The summed E-state index contributed by atoms with van der Waals surface area (Å²) in [5.74, 6) is 0. The fourth-order valence-electron chi connectivity index (χ4n) is 0.746. The summed E-state index contributed by atoms with van der Waals surface area (Å²) in [6, 6.07) is 4.97. The van der Waals surface area contributed by atoms with Crippen molar-refractivity contribution in [2.75, 3.05) is 0 Å². The maximum absolute atomic E-state index is 12.4. The lowest BCUT2D eigenvalue weighted by molar-refractivity contribution is 0.368. The molecule has 0 spiro atoms. The molecule has 17 heavy (non-hydrogen) atoms. The van der Waals surface area contributed by atoms with E-state index in [4.69, 9.17) is 5.39 Å². The minimum absolute atomic E-state index is 0.306. The second-order valence-electron chi connectivity index (χ2n) is 2.50. The topological polar surface area (TPSA) is 62.3 Å². The van der Waals surface area contributed by atoms with Crippen molar-refractivity contribution in [2.45, 2.75) is 4.90 Å². The molecule has 11 heteroatoms. The zero-order valence-electron chi connectivity index (χ0n) is 7.90. The van der Waals surface area contributed by atoms with Gasteiger partial charge in [0.2, 0.25) is 5.39 Å². The Bertz CT molecular complexity index is 518. The van der Waals surface area contributed by atoms with E-state index in [0.29, 0.717) is 0 Å². The van der Waals surface area contributed by atoms with Gasteiger partial charge in [0, 0.05) is 6.07 Å². The van der Waals surface area contributed by atoms with Crippen LogP contribution in [-0.2, 0) is 10.2 Å². The Morgan fingerprint density at radius 3 is 1.82 bits per heavy atom. The van der Waals surface area contributed by atoms with Crippen LogP contribution in [0.3, 0.4) is 0 Å². The van der Waals surface area contributed by atoms with Crippen LogP contribution in [-0.4, -0.2) is 15.7 Å². The molecular formula is C6H4BF5N2O2S. The molecule has 0 aliphatic carbocycles. The van der Waals surface area contributed by atoms with Gasteiger partial charge in [-0.3, -0.25) is 0 Å². The van der Waals surface area contributed by atoms with Crippen LogP contribution in [0, 0.1) is 5.39 Å². The minimum Gasteiger partial charge on any atom is -0.418 e. The molecule has 0 bridgehead atoms. The lowest BCUT2D eigenvalue weighted by Crippen LogP contribution is -2.02. The maximum Gasteiger partial charge on any atom is 0.673 e. The first-order valence-electron chi connectivity index (χ1n) is 3.82. The third-order valence-electron chi connectivity index (χ3n) is 1.24. The van der Waals surface area contributed by atoms with Crippen LogP contribution in [0.2, 0.25) is 0 Å². The number of hydrogen-bond donors (Lipinski definition) is 0. The maximum atomic E-state index is 12.4. The van der Waals surface area contributed by atoms with Crippen molar-refractivity contribution >= 4 is 23.2 Å². The van der Waals surface area contributed by atoms with E-state index in [9.17, 15) is 29.6 Å². The number of benzene rings is 1. The Hall–Kier alpha value is -1.70. The van der Waals surface area contributed by atoms with Gasteiger partial charge in [0.15, 0.2) is 9.87 Å². The zero-order chi connectivity index (χ0) is 13.7. The van der Waals surface area contributed by atoms with Gasteiger partial charge in [-0.2, -0.15) is 8.42 Å². The first-order chi connectivity index (χ1) is 7.55. The van der Waals surface area contributed by atoms with Crippen LogP contribution < -0.4 is 0 Å². The quantitative estimate of drug-likeness (QED) is 0.342. The second-order valence-corrected chi connectivity index (χ2v) is 3.82. The summed E-state index contributed by atoms with van der Waals surface area (Å²) >= 11 is 0. The van der Waals surface area contributed by atoms with Gasteiger partial charge in [-0.1, -0.05) is 12.1 Å². The lowest BCUT2D eigenvalue weighted by Gasteiger charge is -1.94. The molecular weight excluding hydrogens is 270 g/mol. The minimum atomic E-state index is -6.00. The number of halogens is 5. The van der Waals surface area contributed by atoms with Gasteiger partial charge < -0.3 is 17.3 Å². The first kappa shape index (κ1) is 15.3. The highest BCUT2D eigenvalue weighted by atomic mass is 32.3. The average Bonchev–Trinajstić information content (AvgIpc) is 2.14. The van der Waals surface area contributed by atoms with E-state index in [1.54, 1.807) is 0 Å². The molecule has 0 unspecified atom stereocenters. The van der Waals surface area contributed by atoms with Crippen LogP contribution in [0.4, 0.5) is 26.8 Å². The molecule has 0 aliphatic rings. The molecule has 0 fully saturated rings. The number of diazo groups is 1. The highest BCUT2D eigenvalue weighted by Gasteiger charge is 2.24. The lowest BCUT2D eigenvalue weighted by atomic mass is 10.3. The standard InChI is InChI=1S/C6H4FN2O2S.BF4/c7-12(10,11)6-4-2-1-3-5(6)9-8;2-1(3,4)5/h1-4H;/q+1;-1. The van der Waals surface area contributed by atoms with E-state index in [-0.39, 0.29) is 5.69 Å². The van der Waals surface area contributed by atoms with Crippen LogP contribution in [0.5, 0.6) is 0 Å². The molecule has 0 radical (unpaired) electrons. The fourth-order valence-corrected chi connectivity index (χ4v) is 1.35. The third-order valence-corrected chi connectivity index (χ3v) is 2.11. The molecule has 0 saturated carbocycles. The Kier molecular flexibility index (Phi) is 5.02. The molecule has 1 aromatic carbocycles. The monoisotopic (exact) mass is 274 g/mol. The molecule has 0 aliphatic heterocycles. The summed E-state index contributed by atoms with van der Waals surface area (Å²) in [5.41, 5.74) is -0.306. The number of nitrogens with zero attached hydrogens (tertiary/aromatic N) is 2. The van der Waals surface area contributed by atoms with Gasteiger partial charge >= 0.3 is 23.2 Å². The summed E-state index contributed by atoms with van der Waals surface area (Å²) < 4.78 is 72.1. The molecule has 1 rings (SSSR count). The second kappa shape index (κ2) is 5.58. The van der Waals surface area contributed by atoms with Gasteiger partial charge in [-0.25, -0.2) is 0 Å². The average molecular weight is 274 g/mol. The molecule has 0 heterocycles. The molecule has 0 atom stereocenters. The molecule has 0 N–H and O–H groups in total. The smallest absolute Gasteiger partial charge is 0.418 e. The summed E-state index contributed by atoms with van der Waals surface area (Å²) in [5, 5.41) is 8.28. The molecule has 0 amide bonds. The summed E-state index contributed by atoms with van der Waals surface area (Å²) in [6.45, 7) is 0.